The molecule has 0 radical (unpaired) electrons. The number of rotatable bonds is 12. The normalized spacial score (nSPS) is 11.9. The van der Waals surface area contributed by atoms with Crippen LogP contribution in [0.4, 0.5) is 0 Å². The topological polar surface area (TPSA) is 37.3 Å². The minimum atomic E-state index is -0.788. The number of aliphatic carboxylic acids is 1. The summed E-state index contributed by atoms with van der Waals surface area (Å²) in [4.78, 5) is 10.5. The van der Waals surface area contributed by atoms with E-state index in [2.05, 4.69) is 19.6 Å². The van der Waals surface area contributed by atoms with Gasteiger partial charge >= 0.3 is 29.0 Å². The fourth-order valence-electron chi connectivity index (χ4n) is 1.95. The maximum atomic E-state index is 10.5. The van der Waals surface area contributed by atoms with Crippen molar-refractivity contribution in [2.75, 3.05) is 0 Å². The van der Waals surface area contributed by atoms with Crippen molar-refractivity contribution in [2.24, 2.45) is 0 Å². The van der Waals surface area contributed by atoms with Gasteiger partial charge < -0.3 is 7.96 Å². The van der Waals surface area contributed by atoms with Crippen LogP contribution in [-0.4, -0.2) is 39.4 Å². The Morgan fingerprint density at radius 2 is 1.39 bits per heavy atom. The second-order valence-corrected chi connectivity index (χ2v) is 5.45. The molecule has 2 nitrogen and oxygen atoms in total. The molecule has 1 unspecified atom stereocenters. The number of hydrogen-bond acceptors (Lipinski definition) is 2. The smallest absolute Gasteiger partial charge is 1.00 e. The van der Waals surface area contributed by atoms with Crippen LogP contribution in [0.15, 0.2) is 0 Å². The molecule has 0 aliphatic rings. The maximum absolute atomic E-state index is 10.5. The molecule has 1 atom stereocenters. The van der Waals surface area contributed by atoms with Gasteiger partial charge in [0.1, 0.15) is 0 Å². The van der Waals surface area contributed by atoms with E-state index in [0.717, 1.165) is 12.8 Å². The van der Waals surface area contributed by atoms with Gasteiger partial charge in [-0.15, -0.1) is 0 Å². The molecule has 0 amide bonds. The number of carboxylic acids is 1. The van der Waals surface area contributed by atoms with Crippen LogP contribution in [0.1, 0.15) is 80.4 Å². The zero-order chi connectivity index (χ0) is 12.9. The zero-order valence-electron chi connectivity index (χ0n) is 13.9. The molecule has 0 saturated heterocycles. The predicted octanol–water partition coefficient (Wildman–Crippen LogP) is 4.52. The van der Waals surface area contributed by atoms with Crippen LogP contribution in [0.5, 0.6) is 0 Å². The third-order valence-corrected chi connectivity index (χ3v) is 3.60. The summed E-state index contributed by atoms with van der Waals surface area (Å²) < 4.78 is 0. The Kier molecular flexibility index (Phi) is 18.2. The summed E-state index contributed by atoms with van der Waals surface area (Å²) in [6, 6.07) is 0. The molecule has 0 aliphatic heterocycles. The van der Waals surface area contributed by atoms with E-state index in [1.807, 2.05) is 0 Å². The van der Waals surface area contributed by atoms with Gasteiger partial charge in [-0.1, -0.05) is 71.1 Å². The first-order valence-electron chi connectivity index (χ1n) is 7.09. The Labute approximate surface area is 137 Å². The van der Waals surface area contributed by atoms with Crippen LogP contribution < -0.4 is 0 Å². The number of carbonyl (C=O) groups is 1. The molecule has 0 saturated carbocycles. The molecule has 18 heavy (non-hydrogen) atoms. The van der Waals surface area contributed by atoms with Gasteiger partial charge in [0.2, 0.25) is 0 Å². The molecule has 0 aromatic rings. The SMILES string of the molecule is CCCCCCCCCCCCC(S)C(=O)O.[H-].[H-].[Mg+2]. The molecule has 106 valence electrons. The van der Waals surface area contributed by atoms with Crippen molar-refractivity contribution in [3.05, 3.63) is 0 Å². The van der Waals surface area contributed by atoms with Crippen molar-refractivity contribution >= 4 is 41.7 Å². The number of unbranched alkanes of at least 4 members (excludes halogenated alkanes) is 9. The first-order valence-corrected chi connectivity index (χ1v) is 7.61. The van der Waals surface area contributed by atoms with E-state index in [1.165, 1.54) is 51.4 Å². The summed E-state index contributed by atoms with van der Waals surface area (Å²) in [7, 11) is 0. The predicted molar refractivity (Wildman–Crippen MR) is 84.8 cm³/mol. The average Bonchev–Trinajstić information content (AvgIpc) is 2.31. The van der Waals surface area contributed by atoms with Crippen LogP contribution >= 0.6 is 12.6 Å². The summed E-state index contributed by atoms with van der Waals surface area (Å²) in [5.41, 5.74) is 0. The first kappa shape index (κ1) is 20.9. The van der Waals surface area contributed by atoms with Gasteiger partial charge in [0.05, 0.1) is 5.25 Å². The van der Waals surface area contributed by atoms with Crippen LogP contribution in [0, 0.1) is 0 Å². The zero-order valence-corrected chi connectivity index (χ0v) is 14.2. The van der Waals surface area contributed by atoms with Crippen molar-refractivity contribution in [1.82, 2.24) is 0 Å². The van der Waals surface area contributed by atoms with E-state index >= 15 is 0 Å². The van der Waals surface area contributed by atoms with E-state index in [1.54, 1.807) is 0 Å². The fourth-order valence-corrected chi connectivity index (χ4v) is 2.13. The molecule has 0 bridgehead atoms. The molecule has 0 spiro atoms. The van der Waals surface area contributed by atoms with E-state index in [4.69, 9.17) is 5.11 Å². The van der Waals surface area contributed by atoms with Crippen molar-refractivity contribution in [3.63, 3.8) is 0 Å². The average molecular weight is 287 g/mol. The van der Waals surface area contributed by atoms with Gasteiger partial charge in [0.25, 0.3) is 0 Å². The molecule has 0 fully saturated rings. The Morgan fingerprint density at radius 3 is 1.78 bits per heavy atom. The molecule has 0 aliphatic carbocycles. The van der Waals surface area contributed by atoms with Gasteiger partial charge in [0.15, 0.2) is 0 Å². The fraction of sp³-hybridized carbons (Fsp3) is 0.929. The number of thiol groups is 1. The van der Waals surface area contributed by atoms with E-state index < -0.39 is 11.2 Å². The number of carboxylic acid groups (broad SMARTS) is 1. The minimum absolute atomic E-state index is 0. The second kappa shape index (κ2) is 15.6. The van der Waals surface area contributed by atoms with E-state index in [9.17, 15) is 4.79 Å². The molecule has 4 heteroatoms. The monoisotopic (exact) mass is 286 g/mol. The van der Waals surface area contributed by atoms with Crippen LogP contribution in [0.3, 0.4) is 0 Å². The molecular formula is C14H30MgO2S. The first-order chi connectivity index (χ1) is 8.18. The summed E-state index contributed by atoms with van der Waals surface area (Å²) in [6.45, 7) is 2.24. The summed E-state index contributed by atoms with van der Waals surface area (Å²) in [5, 5.41) is 8.18. The summed E-state index contributed by atoms with van der Waals surface area (Å²) >= 11 is 4.02. The Morgan fingerprint density at radius 1 is 1.00 bits per heavy atom. The Hall–Kier alpha value is 0.586. The van der Waals surface area contributed by atoms with Crippen molar-refractivity contribution in [3.8, 4) is 0 Å². The molecule has 1 N–H and O–H groups in total. The van der Waals surface area contributed by atoms with Crippen LogP contribution in [0.25, 0.3) is 0 Å². The largest absolute Gasteiger partial charge is 2.00 e. The van der Waals surface area contributed by atoms with Gasteiger partial charge in [-0.2, -0.15) is 12.6 Å². The van der Waals surface area contributed by atoms with E-state index in [0.29, 0.717) is 6.42 Å². The van der Waals surface area contributed by atoms with Crippen molar-refractivity contribution < 1.29 is 12.8 Å². The minimum Gasteiger partial charge on any atom is -1.00 e. The molecule has 0 heterocycles. The summed E-state index contributed by atoms with van der Waals surface area (Å²) in [6.07, 6.45) is 13.6. The van der Waals surface area contributed by atoms with E-state index in [-0.39, 0.29) is 25.9 Å². The molecule has 0 aromatic heterocycles. The third kappa shape index (κ3) is 14.6. The van der Waals surface area contributed by atoms with Crippen molar-refractivity contribution in [2.45, 2.75) is 82.8 Å². The van der Waals surface area contributed by atoms with Gasteiger partial charge in [-0.3, -0.25) is 4.79 Å². The number of hydrogen-bond donors (Lipinski definition) is 2. The molecular weight excluding hydrogens is 257 g/mol. The van der Waals surface area contributed by atoms with Crippen LogP contribution in [-0.2, 0) is 4.79 Å². The molecule has 0 rings (SSSR count). The van der Waals surface area contributed by atoms with Gasteiger partial charge in [0, 0.05) is 0 Å². The van der Waals surface area contributed by atoms with Gasteiger partial charge in [-0.05, 0) is 6.42 Å². The summed E-state index contributed by atoms with van der Waals surface area (Å²) in [5.74, 6) is -0.788. The third-order valence-electron chi connectivity index (χ3n) is 3.12. The second-order valence-electron chi connectivity index (χ2n) is 4.82. The Bertz CT molecular complexity index is 198. The standard InChI is InChI=1S/C14H28O2S.Mg.2H/c1-2-3-4-5-6-7-8-9-10-11-12-13(17)14(15)16;;;/h13,17H,2-12H2,1H3,(H,15,16);;;/q;+2;2*-1. The van der Waals surface area contributed by atoms with Gasteiger partial charge in [-0.25, -0.2) is 0 Å². The maximum Gasteiger partial charge on any atom is 2.00 e. The Balaban J connectivity index is -0.000000427. The molecule has 0 aromatic carbocycles. The van der Waals surface area contributed by atoms with Crippen molar-refractivity contribution in [1.29, 1.82) is 0 Å². The quantitative estimate of drug-likeness (QED) is 0.314. The van der Waals surface area contributed by atoms with Crippen LogP contribution in [0.2, 0.25) is 0 Å².